The molecule has 0 aliphatic heterocycles. The highest BCUT2D eigenvalue weighted by Crippen LogP contribution is 2.27. The third-order valence-electron chi connectivity index (χ3n) is 2.27. The highest BCUT2D eigenvalue weighted by atomic mass is 79.9. The Kier molecular flexibility index (Phi) is 3.57. The van der Waals surface area contributed by atoms with Crippen LogP contribution in [0.3, 0.4) is 0 Å². The van der Waals surface area contributed by atoms with E-state index in [9.17, 15) is 4.79 Å². The van der Waals surface area contributed by atoms with Crippen LogP contribution in [0, 0.1) is 0 Å². The fraction of sp³-hybridized carbons (Fsp3) is 0.0833. The van der Waals surface area contributed by atoms with Crippen LogP contribution in [-0.4, -0.2) is 13.0 Å². The van der Waals surface area contributed by atoms with E-state index in [1.54, 1.807) is 30.3 Å². The van der Waals surface area contributed by atoms with E-state index in [2.05, 4.69) is 21.2 Å². The number of carbonyl (C=O) groups is 1. The lowest BCUT2D eigenvalue weighted by Crippen LogP contribution is -2.11. The second kappa shape index (κ2) is 5.14. The van der Waals surface area contributed by atoms with Crippen molar-refractivity contribution in [3.63, 3.8) is 0 Å². The minimum Gasteiger partial charge on any atom is -0.494 e. The Morgan fingerprint density at radius 3 is 2.78 bits per heavy atom. The molecule has 0 unspecified atom stereocenters. The van der Waals surface area contributed by atoms with Crippen molar-refractivity contribution in [3.05, 3.63) is 40.8 Å². The molecule has 0 atom stereocenters. The van der Waals surface area contributed by atoms with E-state index in [0.717, 1.165) is 0 Å². The summed E-state index contributed by atoms with van der Waals surface area (Å²) in [7, 11) is 1.51. The van der Waals surface area contributed by atoms with Gasteiger partial charge in [0.05, 0.1) is 12.8 Å². The van der Waals surface area contributed by atoms with E-state index >= 15 is 0 Å². The number of halogens is 1. The predicted octanol–water partition coefficient (Wildman–Crippen LogP) is 2.89. The van der Waals surface area contributed by atoms with Gasteiger partial charge >= 0.3 is 0 Å². The van der Waals surface area contributed by atoms with Gasteiger partial charge in [-0.15, -0.1) is 0 Å². The molecular weight excluding hydrogens is 300 g/mol. The number of methoxy groups -OCH3 is 1. The summed E-state index contributed by atoms with van der Waals surface area (Å²) < 4.78 is 10.8. The molecule has 1 aromatic heterocycles. The lowest BCUT2D eigenvalue weighted by Gasteiger charge is -2.09. The molecule has 2 rings (SSSR count). The molecule has 0 saturated carbocycles. The molecule has 1 heterocycles. The minimum absolute atomic E-state index is 0.209. The van der Waals surface area contributed by atoms with Gasteiger partial charge in [-0.2, -0.15) is 0 Å². The van der Waals surface area contributed by atoms with Gasteiger partial charge in [0, 0.05) is 11.8 Å². The molecule has 0 bridgehead atoms. The normalized spacial score (nSPS) is 10.1. The maximum absolute atomic E-state index is 11.9. The van der Waals surface area contributed by atoms with E-state index in [1.165, 1.54) is 7.11 Å². The lowest BCUT2D eigenvalue weighted by atomic mass is 10.2. The number of nitrogens with one attached hydrogen (secondary N) is 1. The molecule has 0 saturated heterocycles. The standard InChI is InChI=1S/C12H11BrN2O3/c1-17-10-6-7(14)2-3-8(10)15-12(16)9-4-5-11(13)18-9/h2-6H,14H2,1H3,(H,15,16). The van der Waals surface area contributed by atoms with E-state index in [0.29, 0.717) is 21.8 Å². The van der Waals surface area contributed by atoms with Gasteiger partial charge in [0.2, 0.25) is 0 Å². The molecule has 0 aliphatic carbocycles. The second-order valence-electron chi connectivity index (χ2n) is 3.52. The monoisotopic (exact) mass is 310 g/mol. The Morgan fingerprint density at radius 1 is 1.39 bits per heavy atom. The molecule has 3 N–H and O–H groups in total. The van der Waals surface area contributed by atoms with E-state index in [4.69, 9.17) is 14.9 Å². The Balaban J connectivity index is 2.21. The maximum Gasteiger partial charge on any atom is 0.291 e. The average Bonchev–Trinajstić information content (AvgIpc) is 2.78. The summed E-state index contributed by atoms with van der Waals surface area (Å²) in [4.78, 5) is 11.9. The van der Waals surface area contributed by atoms with Gasteiger partial charge in [-0.05, 0) is 40.2 Å². The molecular formula is C12H11BrN2O3. The summed E-state index contributed by atoms with van der Waals surface area (Å²) in [5, 5.41) is 2.68. The van der Waals surface area contributed by atoms with E-state index < -0.39 is 0 Å². The second-order valence-corrected chi connectivity index (χ2v) is 4.30. The van der Waals surface area contributed by atoms with Gasteiger partial charge in [-0.1, -0.05) is 0 Å². The number of hydrogen-bond donors (Lipinski definition) is 2. The molecule has 0 radical (unpaired) electrons. The Bertz CT molecular complexity index is 580. The van der Waals surface area contributed by atoms with Crippen molar-refractivity contribution in [1.29, 1.82) is 0 Å². The van der Waals surface area contributed by atoms with Crippen molar-refractivity contribution in [3.8, 4) is 5.75 Å². The Hall–Kier alpha value is -1.95. The van der Waals surface area contributed by atoms with Gasteiger partial charge in [0.25, 0.3) is 5.91 Å². The minimum atomic E-state index is -0.358. The fourth-order valence-corrected chi connectivity index (χ4v) is 1.74. The van der Waals surface area contributed by atoms with Crippen LogP contribution >= 0.6 is 15.9 Å². The van der Waals surface area contributed by atoms with Crippen molar-refractivity contribution >= 4 is 33.2 Å². The molecule has 5 nitrogen and oxygen atoms in total. The average molecular weight is 311 g/mol. The van der Waals surface area contributed by atoms with Crippen LogP contribution in [0.4, 0.5) is 11.4 Å². The molecule has 18 heavy (non-hydrogen) atoms. The van der Waals surface area contributed by atoms with E-state index in [-0.39, 0.29) is 11.7 Å². The summed E-state index contributed by atoms with van der Waals surface area (Å²) in [5.74, 6) is 0.346. The number of ether oxygens (including phenoxy) is 1. The topological polar surface area (TPSA) is 77.5 Å². The number of benzene rings is 1. The number of anilines is 2. The molecule has 0 spiro atoms. The number of hydrogen-bond acceptors (Lipinski definition) is 4. The summed E-state index contributed by atoms with van der Waals surface area (Å²) in [6.45, 7) is 0. The molecule has 1 aromatic carbocycles. The van der Waals surface area contributed by atoms with Crippen molar-refractivity contribution < 1.29 is 13.9 Å². The Morgan fingerprint density at radius 2 is 2.17 bits per heavy atom. The number of nitrogens with two attached hydrogens (primary N) is 1. The first-order valence-corrected chi connectivity index (χ1v) is 5.89. The molecule has 94 valence electrons. The number of furan rings is 1. The van der Waals surface area contributed by atoms with Crippen LogP contribution in [0.15, 0.2) is 39.4 Å². The molecule has 0 aliphatic rings. The van der Waals surface area contributed by atoms with Crippen LogP contribution in [0.1, 0.15) is 10.6 Å². The smallest absolute Gasteiger partial charge is 0.291 e. The van der Waals surface area contributed by atoms with Crippen molar-refractivity contribution in [1.82, 2.24) is 0 Å². The lowest BCUT2D eigenvalue weighted by molar-refractivity contribution is 0.0995. The van der Waals surface area contributed by atoms with Crippen molar-refractivity contribution in [2.24, 2.45) is 0 Å². The SMILES string of the molecule is COc1cc(N)ccc1NC(=O)c1ccc(Br)o1. The zero-order chi connectivity index (χ0) is 13.1. The third-order valence-corrected chi connectivity index (χ3v) is 2.70. The quantitative estimate of drug-likeness (QED) is 0.855. The van der Waals surface area contributed by atoms with Crippen LogP contribution in [0.25, 0.3) is 0 Å². The first-order chi connectivity index (χ1) is 8.60. The van der Waals surface area contributed by atoms with Crippen LogP contribution in [0.5, 0.6) is 5.75 Å². The first-order valence-electron chi connectivity index (χ1n) is 5.10. The van der Waals surface area contributed by atoms with Gasteiger partial charge in [0.15, 0.2) is 10.4 Å². The van der Waals surface area contributed by atoms with Crippen LogP contribution in [0.2, 0.25) is 0 Å². The molecule has 0 fully saturated rings. The third kappa shape index (κ3) is 2.65. The number of carbonyl (C=O) groups excluding carboxylic acids is 1. The summed E-state index contributed by atoms with van der Waals surface area (Å²) in [6.07, 6.45) is 0. The van der Waals surface area contributed by atoms with Crippen molar-refractivity contribution in [2.45, 2.75) is 0 Å². The van der Waals surface area contributed by atoms with Gasteiger partial charge in [-0.25, -0.2) is 0 Å². The highest BCUT2D eigenvalue weighted by Gasteiger charge is 2.13. The summed E-state index contributed by atoms with van der Waals surface area (Å²) >= 11 is 3.14. The van der Waals surface area contributed by atoms with Crippen molar-refractivity contribution in [2.75, 3.05) is 18.2 Å². The van der Waals surface area contributed by atoms with Crippen LogP contribution in [-0.2, 0) is 0 Å². The molecule has 2 aromatic rings. The zero-order valence-electron chi connectivity index (χ0n) is 9.57. The number of nitrogen functional groups attached to an aromatic ring is 1. The summed E-state index contributed by atoms with van der Waals surface area (Å²) in [6, 6.07) is 8.20. The Labute approximate surface area is 112 Å². The first kappa shape index (κ1) is 12.5. The van der Waals surface area contributed by atoms with Crippen LogP contribution < -0.4 is 15.8 Å². The van der Waals surface area contributed by atoms with E-state index in [1.807, 2.05) is 0 Å². The molecule has 6 heteroatoms. The summed E-state index contributed by atoms with van der Waals surface area (Å²) in [5.41, 5.74) is 6.72. The number of rotatable bonds is 3. The fourth-order valence-electron chi connectivity index (χ4n) is 1.43. The highest BCUT2D eigenvalue weighted by molar-refractivity contribution is 9.10. The number of amides is 1. The maximum atomic E-state index is 11.9. The molecule has 1 amide bonds. The van der Waals surface area contributed by atoms with Gasteiger partial charge in [0.1, 0.15) is 5.75 Å². The van der Waals surface area contributed by atoms with Gasteiger partial charge in [-0.3, -0.25) is 4.79 Å². The largest absolute Gasteiger partial charge is 0.494 e. The van der Waals surface area contributed by atoms with Gasteiger partial charge < -0.3 is 20.2 Å². The predicted molar refractivity (Wildman–Crippen MR) is 71.8 cm³/mol. The zero-order valence-corrected chi connectivity index (χ0v) is 11.2.